The minimum Gasteiger partial charge on any atom is -0.0861 e. The third-order valence-electron chi connectivity index (χ3n) is 4.05. The summed E-state index contributed by atoms with van der Waals surface area (Å²) in [5.41, 5.74) is 4.02. The van der Waals surface area contributed by atoms with E-state index in [4.69, 9.17) is 0 Å². The minimum absolute atomic E-state index is 0.129. The van der Waals surface area contributed by atoms with E-state index in [0.29, 0.717) is 0 Å². The van der Waals surface area contributed by atoms with E-state index >= 15 is 0 Å². The quantitative estimate of drug-likeness (QED) is 0.503. The van der Waals surface area contributed by atoms with Crippen LogP contribution in [-0.2, 0) is 0 Å². The van der Waals surface area contributed by atoms with Crippen LogP contribution in [0.3, 0.4) is 0 Å². The molecule has 0 N–H and O–H groups in total. The van der Waals surface area contributed by atoms with E-state index in [1.54, 1.807) is 0 Å². The van der Waals surface area contributed by atoms with Gasteiger partial charge in [-0.1, -0.05) is 95.9 Å². The highest BCUT2D eigenvalue weighted by Gasteiger charge is 2.21. The first-order chi connectivity index (χ1) is 10.7. The Labute approximate surface area is 142 Å². The van der Waals surface area contributed by atoms with Crippen molar-refractivity contribution in [2.24, 2.45) is 16.7 Å². The highest BCUT2D eigenvalue weighted by Crippen LogP contribution is 2.34. The van der Waals surface area contributed by atoms with Crippen molar-refractivity contribution in [2.45, 2.75) is 41.5 Å². The Kier molecular flexibility index (Phi) is 5.00. The Bertz CT molecular complexity index is 652. The maximum absolute atomic E-state index is 3.44. The van der Waals surface area contributed by atoms with Crippen LogP contribution in [0.5, 0.6) is 0 Å². The van der Waals surface area contributed by atoms with Crippen LogP contribution in [0, 0.1) is 28.6 Å². The molecule has 0 aliphatic heterocycles. The average Bonchev–Trinajstić information content (AvgIpc) is 2.68. The Morgan fingerprint density at radius 2 is 1.22 bits per heavy atom. The molecule has 0 unspecified atom stereocenters. The number of allylic oxidation sites excluding steroid dienone is 6. The van der Waals surface area contributed by atoms with Crippen molar-refractivity contribution >= 4 is 0 Å². The predicted molar refractivity (Wildman–Crippen MR) is 101 cm³/mol. The average molecular weight is 304 g/mol. The predicted octanol–water partition coefficient (Wildman–Crippen LogP) is 6.17. The third-order valence-corrected chi connectivity index (χ3v) is 4.05. The molecule has 0 heteroatoms. The molecule has 0 saturated heterocycles. The first-order valence-corrected chi connectivity index (χ1v) is 8.35. The number of hydrogen-bond donors (Lipinski definition) is 0. The molecule has 1 aliphatic rings. The zero-order valence-electron chi connectivity index (χ0n) is 15.3. The summed E-state index contributed by atoms with van der Waals surface area (Å²) in [6.45, 7) is 13.5. The van der Waals surface area contributed by atoms with Crippen LogP contribution in [0.1, 0.15) is 47.1 Å². The van der Waals surface area contributed by atoms with Crippen LogP contribution in [0.25, 0.3) is 0 Å². The second-order valence-electron chi connectivity index (χ2n) is 8.24. The molecule has 0 saturated carbocycles. The molecule has 1 aliphatic carbocycles. The van der Waals surface area contributed by atoms with Gasteiger partial charge in [0.2, 0.25) is 0 Å². The van der Waals surface area contributed by atoms with Gasteiger partial charge < -0.3 is 0 Å². The van der Waals surface area contributed by atoms with Gasteiger partial charge in [0.1, 0.15) is 0 Å². The monoisotopic (exact) mass is 304 g/mol. The van der Waals surface area contributed by atoms with Gasteiger partial charge in [-0.2, -0.15) is 0 Å². The maximum Gasteiger partial charge on any atom is 0.0578 e. The van der Waals surface area contributed by atoms with Gasteiger partial charge in [0.05, 0.1) is 5.92 Å². The topological polar surface area (TPSA) is 0 Å². The Morgan fingerprint density at radius 1 is 0.739 bits per heavy atom. The fourth-order valence-corrected chi connectivity index (χ4v) is 2.50. The third kappa shape index (κ3) is 5.00. The standard InChI is InChI=1S/C23H28/c1-22(2,3)20-14-15-21(23(4,5)6)17-19(16-20)13-12-18-10-8-7-9-11-18/h7-11,14-17,19H,1-6H3. The first kappa shape index (κ1) is 17.4. The molecule has 1 aromatic carbocycles. The fourth-order valence-electron chi connectivity index (χ4n) is 2.50. The van der Waals surface area contributed by atoms with E-state index in [9.17, 15) is 0 Å². The van der Waals surface area contributed by atoms with E-state index < -0.39 is 0 Å². The molecule has 0 nitrogen and oxygen atoms in total. The summed E-state index contributed by atoms with van der Waals surface area (Å²) in [5.74, 6) is 6.91. The summed E-state index contributed by atoms with van der Waals surface area (Å²) in [5, 5.41) is 0. The summed E-state index contributed by atoms with van der Waals surface area (Å²) in [4.78, 5) is 0. The molecule has 0 amide bonds. The second-order valence-corrected chi connectivity index (χ2v) is 8.24. The van der Waals surface area contributed by atoms with Crippen molar-refractivity contribution < 1.29 is 0 Å². The Hall–Kier alpha value is -2.00. The van der Waals surface area contributed by atoms with Gasteiger partial charge in [-0.3, -0.25) is 0 Å². The van der Waals surface area contributed by atoms with Crippen molar-refractivity contribution in [2.75, 3.05) is 0 Å². The van der Waals surface area contributed by atoms with Crippen molar-refractivity contribution in [1.29, 1.82) is 0 Å². The summed E-state index contributed by atoms with van der Waals surface area (Å²) < 4.78 is 0. The Morgan fingerprint density at radius 3 is 1.65 bits per heavy atom. The highest BCUT2D eigenvalue weighted by atomic mass is 14.3. The number of benzene rings is 1. The fraction of sp³-hybridized carbons (Fsp3) is 0.391. The van der Waals surface area contributed by atoms with Gasteiger partial charge in [-0.25, -0.2) is 0 Å². The summed E-state index contributed by atoms with van der Waals surface area (Å²) in [7, 11) is 0. The molecule has 2 rings (SSSR count). The molecule has 0 heterocycles. The largest absolute Gasteiger partial charge is 0.0861 e. The van der Waals surface area contributed by atoms with E-state index in [0.717, 1.165) is 5.56 Å². The second kappa shape index (κ2) is 6.63. The molecule has 0 aromatic heterocycles. The van der Waals surface area contributed by atoms with Crippen LogP contribution < -0.4 is 0 Å². The van der Waals surface area contributed by atoms with Crippen LogP contribution in [-0.4, -0.2) is 0 Å². The highest BCUT2D eigenvalue weighted by molar-refractivity contribution is 5.43. The molecule has 0 radical (unpaired) electrons. The van der Waals surface area contributed by atoms with Gasteiger partial charge in [-0.15, -0.1) is 0 Å². The lowest BCUT2D eigenvalue weighted by Gasteiger charge is -2.21. The summed E-state index contributed by atoms with van der Waals surface area (Å²) >= 11 is 0. The molecule has 0 bridgehead atoms. The molecule has 23 heavy (non-hydrogen) atoms. The van der Waals surface area contributed by atoms with Gasteiger partial charge >= 0.3 is 0 Å². The Balaban J connectivity index is 2.42. The van der Waals surface area contributed by atoms with E-state index in [-0.39, 0.29) is 16.7 Å². The normalized spacial score (nSPS) is 16.1. The summed E-state index contributed by atoms with van der Waals surface area (Å²) in [6.07, 6.45) is 9.15. The molecule has 0 spiro atoms. The molecule has 120 valence electrons. The lowest BCUT2D eigenvalue weighted by atomic mass is 9.84. The van der Waals surface area contributed by atoms with Crippen molar-refractivity contribution in [3.05, 3.63) is 71.3 Å². The number of rotatable bonds is 0. The van der Waals surface area contributed by atoms with Gasteiger partial charge in [-0.05, 0) is 34.1 Å². The molecular weight excluding hydrogens is 276 g/mol. The van der Waals surface area contributed by atoms with E-state index in [2.05, 4.69) is 89.8 Å². The van der Waals surface area contributed by atoms with Crippen molar-refractivity contribution in [3.63, 3.8) is 0 Å². The molecule has 0 fully saturated rings. The van der Waals surface area contributed by atoms with E-state index in [1.807, 2.05) is 18.2 Å². The van der Waals surface area contributed by atoms with Crippen LogP contribution >= 0.6 is 0 Å². The first-order valence-electron chi connectivity index (χ1n) is 8.35. The minimum atomic E-state index is 0.129. The number of hydrogen-bond acceptors (Lipinski definition) is 0. The zero-order valence-corrected chi connectivity index (χ0v) is 15.3. The summed E-state index contributed by atoms with van der Waals surface area (Å²) in [6, 6.07) is 10.2. The van der Waals surface area contributed by atoms with Gasteiger partial charge in [0, 0.05) is 5.56 Å². The van der Waals surface area contributed by atoms with E-state index in [1.165, 1.54) is 11.1 Å². The van der Waals surface area contributed by atoms with Gasteiger partial charge in [0.25, 0.3) is 0 Å². The SMILES string of the molecule is CC(C)(C)C1=CC(C#Cc2ccccc2)C=C(C(C)(C)C)C=C1. The smallest absolute Gasteiger partial charge is 0.0578 e. The van der Waals surface area contributed by atoms with Crippen LogP contribution in [0.2, 0.25) is 0 Å². The van der Waals surface area contributed by atoms with Gasteiger partial charge in [0.15, 0.2) is 0 Å². The zero-order chi connectivity index (χ0) is 17.1. The lowest BCUT2D eigenvalue weighted by Crippen LogP contribution is -2.08. The molecule has 0 atom stereocenters. The van der Waals surface area contributed by atoms with Crippen LogP contribution in [0.4, 0.5) is 0 Å². The van der Waals surface area contributed by atoms with Crippen molar-refractivity contribution in [3.8, 4) is 11.8 Å². The lowest BCUT2D eigenvalue weighted by molar-refractivity contribution is 0.512. The molecular formula is C23H28. The van der Waals surface area contributed by atoms with Crippen molar-refractivity contribution in [1.82, 2.24) is 0 Å². The van der Waals surface area contributed by atoms with Crippen LogP contribution in [0.15, 0.2) is 65.8 Å². The molecule has 1 aromatic rings. The maximum atomic E-state index is 3.44.